The van der Waals surface area contributed by atoms with Crippen LogP contribution in [0.25, 0.3) is 10.9 Å². The molecule has 5 aliphatic rings. The highest BCUT2D eigenvalue weighted by Gasteiger charge is 2.69. The van der Waals surface area contributed by atoms with Gasteiger partial charge in [-0.25, -0.2) is 14.6 Å². The van der Waals surface area contributed by atoms with Crippen LogP contribution < -0.4 is 5.32 Å². The summed E-state index contributed by atoms with van der Waals surface area (Å²) in [6, 6.07) is 6.42. The fourth-order valence-electron chi connectivity index (χ4n) is 7.40. The van der Waals surface area contributed by atoms with Gasteiger partial charge in [-0.15, -0.1) is 0 Å². The van der Waals surface area contributed by atoms with Crippen LogP contribution in [0.15, 0.2) is 30.5 Å². The molecular weight excluding hydrogens is 532 g/mol. The third kappa shape index (κ3) is 5.03. The van der Waals surface area contributed by atoms with Crippen LogP contribution in [0.3, 0.4) is 0 Å². The standard InChI is InChI=1S/C30H38N2O9/c1-16-8-9-21-17(2)27(38-28-30(21)20(16)12-13-29(3,39-28)40-41-30)37-25(34)11-10-24(33)32-23(26(35)36)14-18-15-31-22-7-5-4-6-19(18)22/h4-7,15-17,20-21,23,27-28,31H,8-14H2,1-3H3,(H,32,33)(H,35,36)/t16-,17-,20+,21+,23+,27-,28-,29+,30+/m1/s1. The number of nitrogens with one attached hydrogen (secondary N) is 2. The average Bonchev–Trinajstić information content (AvgIpc) is 3.21. The first-order valence-electron chi connectivity index (χ1n) is 14.6. The molecule has 41 heavy (non-hydrogen) atoms. The number of fused-ring (bicyclic) bond motifs is 3. The number of carbonyl (C=O) groups excluding carboxylic acids is 2. The highest BCUT2D eigenvalue weighted by atomic mass is 17.3. The van der Waals surface area contributed by atoms with Gasteiger partial charge in [-0.05, 0) is 49.7 Å². The predicted molar refractivity (Wildman–Crippen MR) is 144 cm³/mol. The van der Waals surface area contributed by atoms with Gasteiger partial charge in [0.05, 0.1) is 6.42 Å². The molecule has 1 saturated carbocycles. The minimum absolute atomic E-state index is 0.00651. The summed E-state index contributed by atoms with van der Waals surface area (Å²) in [6.45, 7) is 6.05. The minimum atomic E-state index is -1.15. The van der Waals surface area contributed by atoms with Crippen molar-refractivity contribution < 1.29 is 43.5 Å². The van der Waals surface area contributed by atoms with Crippen LogP contribution in [0.1, 0.15) is 64.9 Å². The van der Waals surface area contributed by atoms with E-state index in [2.05, 4.69) is 17.2 Å². The van der Waals surface area contributed by atoms with Crippen molar-refractivity contribution in [1.82, 2.24) is 10.3 Å². The molecule has 5 heterocycles. The van der Waals surface area contributed by atoms with Gasteiger partial charge in [0.25, 0.3) is 0 Å². The number of carboxylic acids is 1. The topological polar surface area (TPSA) is 145 Å². The molecule has 5 fully saturated rings. The molecule has 0 radical (unpaired) electrons. The molecule has 2 aromatic rings. The Morgan fingerprint density at radius 3 is 2.73 bits per heavy atom. The monoisotopic (exact) mass is 570 g/mol. The number of benzene rings is 1. The summed E-state index contributed by atoms with van der Waals surface area (Å²) in [5, 5.41) is 13.2. The third-order valence-corrected chi connectivity index (χ3v) is 9.63. The first-order chi connectivity index (χ1) is 19.6. The second-order valence-corrected chi connectivity index (χ2v) is 12.3. The molecule has 3 N–H and O–H groups in total. The number of hydrogen-bond acceptors (Lipinski definition) is 8. The van der Waals surface area contributed by atoms with Crippen LogP contribution in [-0.2, 0) is 44.8 Å². The van der Waals surface area contributed by atoms with E-state index < -0.39 is 47.9 Å². The Hall–Kier alpha value is -2.99. The molecule has 1 amide bonds. The van der Waals surface area contributed by atoms with E-state index >= 15 is 0 Å². The van der Waals surface area contributed by atoms with Gasteiger partial charge in [0.1, 0.15) is 6.04 Å². The summed E-state index contributed by atoms with van der Waals surface area (Å²) in [5.41, 5.74) is 0.914. The van der Waals surface area contributed by atoms with E-state index in [0.717, 1.165) is 35.7 Å². The molecule has 11 heteroatoms. The van der Waals surface area contributed by atoms with Gasteiger partial charge in [0.15, 0.2) is 11.9 Å². The van der Waals surface area contributed by atoms with Crippen LogP contribution >= 0.6 is 0 Å². The Kier molecular flexibility index (Phi) is 7.34. The third-order valence-electron chi connectivity index (χ3n) is 9.63. The summed E-state index contributed by atoms with van der Waals surface area (Å²) in [4.78, 5) is 52.5. The van der Waals surface area contributed by atoms with Crippen molar-refractivity contribution in [3.63, 3.8) is 0 Å². The van der Waals surface area contributed by atoms with Crippen molar-refractivity contribution in [2.24, 2.45) is 23.7 Å². The molecule has 11 nitrogen and oxygen atoms in total. The van der Waals surface area contributed by atoms with Gasteiger partial charge in [0, 0.05) is 48.2 Å². The van der Waals surface area contributed by atoms with Crippen molar-refractivity contribution in [1.29, 1.82) is 0 Å². The van der Waals surface area contributed by atoms with Gasteiger partial charge in [0.2, 0.25) is 18.0 Å². The first-order valence-corrected chi connectivity index (χ1v) is 14.6. The average molecular weight is 571 g/mol. The lowest BCUT2D eigenvalue weighted by Gasteiger charge is -2.59. The summed E-state index contributed by atoms with van der Waals surface area (Å²) >= 11 is 0. The molecule has 1 aromatic carbocycles. The van der Waals surface area contributed by atoms with E-state index in [1.54, 1.807) is 6.20 Å². The number of aliphatic carboxylic acids is 1. The molecular formula is C30H38N2O9. The molecule has 7 rings (SSSR count). The Balaban J connectivity index is 1.06. The Labute approximate surface area is 238 Å². The molecule has 1 spiro atoms. The van der Waals surface area contributed by atoms with Crippen LogP contribution in [0.4, 0.5) is 0 Å². The van der Waals surface area contributed by atoms with E-state index in [1.807, 2.05) is 38.1 Å². The van der Waals surface area contributed by atoms with Gasteiger partial charge in [-0.1, -0.05) is 32.0 Å². The number of carboxylic acid groups (broad SMARTS) is 1. The lowest BCUT2D eigenvalue weighted by atomic mass is 9.58. The molecule has 4 aliphatic heterocycles. The zero-order valence-electron chi connectivity index (χ0n) is 23.6. The molecule has 1 aromatic heterocycles. The lowest BCUT2D eigenvalue weighted by molar-refractivity contribution is -0.576. The van der Waals surface area contributed by atoms with Crippen LogP contribution in [0.2, 0.25) is 0 Å². The Morgan fingerprint density at radius 1 is 1.12 bits per heavy atom. The number of aromatic amines is 1. The zero-order chi connectivity index (χ0) is 28.9. The van der Waals surface area contributed by atoms with Crippen molar-refractivity contribution >= 4 is 28.7 Å². The summed E-state index contributed by atoms with van der Waals surface area (Å²) in [6.07, 6.45) is 3.31. The number of hydrogen-bond donors (Lipinski definition) is 3. The normalized spacial score (nSPS) is 36.7. The van der Waals surface area contributed by atoms with E-state index in [4.69, 9.17) is 24.0 Å². The van der Waals surface area contributed by atoms with Crippen LogP contribution in [-0.4, -0.2) is 57.9 Å². The molecule has 222 valence electrons. The molecule has 0 unspecified atom stereocenters. The highest BCUT2D eigenvalue weighted by molar-refractivity contribution is 5.87. The maximum Gasteiger partial charge on any atom is 0.326 e. The van der Waals surface area contributed by atoms with Gasteiger partial charge < -0.3 is 29.6 Å². The maximum absolute atomic E-state index is 12.9. The van der Waals surface area contributed by atoms with Crippen LogP contribution in [0.5, 0.6) is 0 Å². The lowest BCUT2D eigenvalue weighted by Crippen LogP contribution is -2.70. The van der Waals surface area contributed by atoms with Crippen molar-refractivity contribution in [3.8, 4) is 0 Å². The van der Waals surface area contributed by atoms with Crippen LogP contribution in [0, 0.1) is 23.7 Å². The molecule has 1 aliphatic carbocycles. The first kappa shape index (κ1) is 28.1. The second-order valence-electron chi connectivity index (χ2n) is 12.3. The number of aromatic nitrogens is 1. The number of para-hydroxylation sites is 1. The zero-order valence-corrected chi connectivity index (χ0v) is 23.6. The van der Waals surface area contributed by atoms with Gasteiger partial charge in [-0.2, -0.15) is 0 Å². The minimum Gasteiger partial charge on any atom is -0.480 e. The van der Waals surface area contributed by atoms with Crippen molar-refractivity contribution in [3.05, 3.63) is 36.0 Å². The SMILES string of the molecule is C[C@H]1[C@H](OC(=O)CCC(=O)N[C@@H](Cc2c[nH]c3ccccc23)C(=O)O)O[C@@H]2O[C@]3(C)CC[C@H]4[C@H](C)CC[C@@H]1[C@]24OO3. The number of H-pyrrole nitrogens is 1. The second kappa shape index (κ2) is 10.7. The fraction of sp³-hybridized carbons (Fsp3) is 0.633. The summed E-state index contributed by atoms with van der Waals surface area (Å²) in [7, 11) is 0. The quantitative estimate of drug-likeness (QED) is 0.319. The summed E-state index contributed by atoms with van der Waals surface area (Å²) < 4.78 is 18.3. The fourth-order valence-corrected chi connectivity index (χ4v) is 7.40. The highest BCUT2D eigenvalue weighted by Crippen LogP contribution is 2.60. The number of esters is 1. The number of carbonyl (C=O) groups is 3. The van der Waals surface area contributed by atoms with Crippen molar-refractivity contribution in [2.75, 3.05) is 0 Å². The Morgan fingerprint density at radius 2 is 1.93 bits per heavy atom. The predicted octanol–water partition coefficient (Wildman–Crippen LogP) is 3.81. The number of rotatable bonds is 8. The molecule has 9 atom stereocenters. The van der Waals surface area contributed by atoms with Gasteiger partial charge >= 0.3 is 11.9 Å². The van der Waals surface area contributed by atoms with Crippen molar-refractivity contribution in [2.45, 2.75) is 95.7 Å². The molecule has 2 bridgehead atoms. The number of ether oxygens (including phenoxy) is 3. The smallest absolute Gasteiger partial charge is 0.326 e. The van der Waals surface area contributed by atoms with Gasteiger partial charge in [-0.3, -0.25) is 9.59 Å². The number of amides is 1. The van der Waals surface area contributed by atoms with E-state index in [0.29, 0.717) is 12.3 Å². The maximum atomic E-state index is 12.9. The Bertz CT molecular complexity index is 1330. The largest absolute Gasteiger partial charge is 0.480 e. The van der Waals surface area contributed by atoms with E-state index in [1.165, 1.54) is 0 Å². The van der Waals surface area contributed by atoms with E-state index in [9.17, 15) is 19.5 Å². The molecule has 4 saturated heterocycles. The van der Waals surface area contributed by atoms with E-state index in [-0.39, 0.29) is 37.0 Å². The summed E-state index contributed by atoms with van der Waals surface area (Å²) in [5.74, 6) is -2.78.